The van der Waals surface area contributed by atoms with Crippen molar-refractivity contribution >= 4 is 23.0 Å². The molecule has 0 bridgehead atoms. The van der Waals surface area contributed by atoms with Crippen LogP contribution in [0.5, 0.6) is 0 Å². The molecule has 4 heteroatoms. The Balaban J connectivity index is 2.27. The van der Waals surface area contributed by atoms with Crippen molar-refractivity contribution in [3.63, 3.8) is 0 Å². The van der Waals surface area contributed by atoms with E-state index in [4.69, 9.17) is 11.6 Å². The molecule has 0 atom stereocenters. The largest absolute Gasteiger partial charge is 0.355 e. The summed E-state index contributed by atoms with van der Waals surface area (Å²) < 4.78 is 12.9. The Bertz CT molecular complexity index is 514. The van der Waals surface area contributed by atoms with Crippen LogP contribution in [0.15, 0.2) is 36.5 Å². The number of nitrogens with zero attached hydrogens (tertiary/aromatic N) is 1. The minimum atomic E-state index is -0.240. The topological polar surface area (TPSA) is 24.9 Å². The van der Waals surface area contributed by atoms with Gasteiger partial charge in [-0.3, -0.25) is 0 Å². The van der Waals surface area contributed by atoms with Crippen LogP contribution >= 0.6 is 11.6 Å². The zero-order valence-electron chi connectivity index (χ0n) is 8.67. The van der Waals surface area contributed by atoms with Crippen molar-refractivity contribution in [2.75, 3.05) is 5.32 Å². The summed E-state index contributed by atoms with van der Waals surface area (Å²) in [5, 5.41) is 3.57. The van der Waals surface area contributed by atoms with Gasteiger partial charge >= 0.3 is 0 Å². The molecule has 2 aromatic rings. The summed E-state index contributed by atoms with van der Waals surface area (Å²) in [4.78, 5) is 3.88. The van der Waals surface area contributed by atoms with Crippen molar-refractivity contribution in [1.82, 2.24) is 4.98 Å². The van der Waals surface area contributed by atoms with Crippen LogP contribution in [0.2, 0.25) is 5.15 Å². The fourth-order valence-electron chi connectivity index (χ4n) is 1.40. The Morgan fingerprint density at radius 1 is 1.25 bits per heavy atom. The lowest BCUT2D eigenvalue weighted by molar-refractivity contribution is 0.627. The van der Waals surface area contributed by atoms with Crippen molar-refractivity contribution in [3.05, 3.63) is 53.1 Å². The Morgan fingerprint density at radius 2 is 2.06 bits per heavy atom. The first-order valence-corrected chi connectivity index (χ1v) is 5.18. The molecule has 0 spiro atoms. The molecular formula is C12H10ClFN2. The van der Waals surface area contributed by atoms with Gasteiger partial charge in [-0.2, -0.15) is 0 Å². The number of hydrogen-bond acceptors (Lipinski definition) is 2. The van der Waals surface area contributed by atoms with E-state index in [0.717, 1.165) is 16.9 Å². The molecule has 82 valence electrons. The maximum atomic E-state index is 12.9. The molecule has 1 heterocycles. The molecule has 0 unspecified atom stereocenters. The van der Waals surface area contributed by atoms with E-state index in [-0.39, 0.29) is 5.82 Å². The fourth-order valence-corrected chi connectivity index (χ4v) is 1.58. The maximum absolute atomic E-state index is 12.9. The fraction of sp³-hybridized carbons (Fsp3) is 0.0833. The van der Waals surface area contributed by atoms with Gasteiger partial charge in [-0.05, 0) is 42.8 Å². The van der Waals surface area contributed by atoms with E-state index in [1.165, 1.54) is 12.1 Å². The van der Waals surface area contributed by atoms with Crippen LogP contribution in [0.25, 0.3) is 0 Å². The lowest BCUT2D eigenvalue weighted by Crippen LogP contribution is -1.94. The molecule has 1 aromatic carbocycles. The molecular weight excluding hydrogens is 227 g/mol. The molecule has 16 heavy (non-hydrogen) atoms. The molecule has 1 aromatic heterocycles. The summed E-state index contributed by atoms with van der Waals surface area (Å²) in [5.41, 5.74) is 2.52. The van der Waals surface area contributed by atoms with Gasteiger partial charge in [0.25, 0.3) is 0 Å². The van der Waals surface area contributed by atoms with Crippen molar-refractivity contribution in [3.8, 4) is 0 Å². The Hall–Kier alpha value is -1.61. The minimum absolute atomic E-state index is 0.240. The van der Waals surface area contributed by atoms with Gasteiger partial charge in [0.2, 0.25) is 0 Å². The monoisotopic (exact) mass is 236 g/mol. The molecule has 0 saturated carbocycles. The molecule has 0 fully saturated rings. The quantitative estimate of drug-likeness (QED) is 0.800. The zero-order valence-corrected chi connectivity index (χ0v) is 9.42. The second kappa shape index (κ2) is 4.49. The summed E-state index contributed by atoms with van der Waals surface area (Å²) in [5.74, 6) is -0.240. The summed E-state index contributed by atoms with van der Waals surface area (Å²) in [6.07, 6.45) is 1.61. The van der Waals surface area contributed by atoms with Crippen molar-refractivity contribution in [2.45, 2.75) is 6.92 Å². The highest BCUT2D eigenvalue weighted by molar-refractivity contribution is 6.29. The average molecular weight is 237 g/mol. The molecule has 1 N–H and O–H groups in total. The van der Waals surface area contributed by atoms with Crippen LogP contribution in [0.4, 0.5) is 15.8 Å². The van der Waals surface area contributed by atoms with Gasteiger partial charge in [-0.15, -0.1) is 0 Å². The van der Waals surface area contributed by atoms with Gasteiger partial charge < -0.3 is 5.32 Å². The van der Waals surface area contributed by atoms with Gasteiger partial charge in [0.05, 0.1) is 0 Å². The molecule has 0 amide bonds. The highest BCUT2D eigenvalue weighted by atomic mass is 35.5. The van der Waals surface area contributed by atoms with E-state index >= 15 is 0 Å². The van der Waals surface area contributed by atoms with Gasteiger partial charge in [0, 0.05) is 17.6 Å². The van der Waals surface area contributed by atoms with Gasteiger partial charge in [-0.1, -0.05) is 11.6 Å². The molecule has 0 aliphatic carbocycles. The summed E-state index contributed by atoms with van der Waals surface area (Å²) >= 11 is 5.76. The van der Waals surface area contributed by atoms with Gasteiger partial charge in [-0.25, -0.2) is 9.37 Å². The first-order chi connectivity index (χ1) is 7.65. The average Bonchev–Trinajstić information content (AvgIpc) is 2.22. The molecule has 0 aliphatic rings. The molecule has 0 saturated heterocycles. The minimum Gasteiger partial charge on any atom is -0.355 e. The number of aryl methyl sites for hydroxylation is 1. The second-order valence-corrected chi connectivity index (χ2v) is 3.84. The van der Waals surface area contributed by atoms with E-state index < -0.39 is 0 Å². The first kappa shape index (κ1) is 10.9. The molecule has 2 rings (SSSR count). The Morgan fingerprint density at radius 3 is 2.75 bits per heavy atom. The third-order valence-corrected chi connectivity index (χ3v) is 2.40. The van der Waals surface area contributed by atoms with E-state index in [1.54, 1.807) is 24.4 Å². The number of rotatable bonds is 2. The standard InChI is InChI=1S/C12H10ClFN2/c1-8-6-9(14)2-3-11(8)16-10-4-5-15-12(13)7-10/h2-7H,1H3,(H,15,16). The van der Waals surface area contributed by atoms with Crippen molar-refractivity contribution in [1.29, 1.82) is 0 Å². The van der Waals surface area contributed by atoms with Crippen LogP contribution in [-0.4, -0.2) is 4.98 Å². The highest BCUT2D eigenvalue weighted by Gasteiger charge is 2.01. The summed E-state index contributed by atoms with van der Waals surface area (Å²) in [6.45, 7) is 1.84. The number of nitrogens with one attached hydrogen (secondary N) is 1. The first-order valence-electron chi connectivity index (χ1n) is 4.80. The van der Waals surface area contributed by atoms with Crippen LogP contribution < -0.4 is 5.32 Å². The normalized spacial score (nSPS) is 10.2. The van der Waals surface area contributed by atoms with Crippen LogP contribution in [-0.2, 0) is 0 Å². The lowest BCUT2D eigenvalue weighted by Gasteiger charge is -2.09. The van der Waals surface area contributed by atoms with E-state index in [1.807, 2.05) is 6.92 Å². The maximum Gasteiger partial charge on any atom is 0.131 e. The Kier molecular flexibility index (Phi) is 3.06. The Labute approximate surface area is 98.1 Å². The van der Waals surface area contributed by atoms with Crippen molar-refractivity contribution < 1.29 is 4.39 Å². The number of hydrogen-bond donors (Lipinski definition) is 1. The van der Waals surface area contributed by atoms with Gasteiger partial charge in [0.1, 0.15) is 11.0 Å². The zero-order chi connectivity index (χ0) is 11.5. The third-order valence-electron chi connectivity index (χ3n) is 2.19. The van der Waals surface area contributed by atoms with Crippen molar-refractivity contribution in [2.24, 2.45) is 0 Å². The smallest absolute Gasteiger partial charge is 0.131 e. The number of benzene rings is 1. The predicted molar refractivity (Wildman–Crippen MR) is 63.7 cm³/mol. The molecule has 0 aliphatic heterocycles. The van der Waals surface area contributed by atoms with Crippen LogP contribution in [0.3, 0.4) is 0 Å². The number of anilines is 2. The predicted octanol–water partition coefficient (Wildman–Crippen LogP) is 3.93. The van der Waals surface area contributed by atoms with E-state index in [2.05, 4.69) is 10.3 Å². The van der Waals surface area contributed by atoms with E-state index in [0.29, 0.717) is 5.15 Å². The SMILES string of the molecule is Cc1cc(F)ccc1Nc1ccnc(Cl)c1. The lowest BCUT2D eigenvalue weighted by atomic mass is 10.2. The molecule has 2 nitrogen and oxygen atoms in total. The number of pyridine rings is 1. The summed E-state index contributed by atoms with van der Waals surface area (Å²) in [7, 11) is 0. The highest BCUT2D eigenvalue weighted by Crippen LogP contribution is 2.22. The third kappa shape index (κ3) is 2.49. The number of aromatic nitrogens is 1. The van der Waals surface area contributed by atoms with Gasteiger partial charge in [0.15, 0.2) is 0 Å². The van der Waals surface area contributed by atoms with E-state index in [9.17, 15) is 4.39 Å². The van der Waals surface area contributed by atoms with Crippen LogP contribution in [0.1, 0.15) is 5.56 Å². The number of halogens is 2. The summed E-state index contributed by atoms with van der Waals surface area (Å²) in [6, 6.07) is 8.10. The van der Waals surface area contributed by atoms with Crippen LogP contribution in [0, 0.1) is 12.7 Å². The molecule has 0 radical (unpaired) electrons. The second-order valence-electron chi connectivity index (χ2n) is 3.45.